The maximum atomic E-state index is 11.9. The summed E-state index contributed by atoms with van der Waals surface area (Å²) in [4.78, 5) is 25.0. The maximum absolute atomic E-state index is 11.9. The lowest BCUT2D eigenvalue weighted by Crippen LogP contribution is -2.40. The molecular weight excluding hydrogens is 298 g/mol. The van der Waals surface area contributed by atoms with Gasteiger partial charge in [-0.1, -0.05) is 13.3 Å². The maximum Gasteiger partial charge on any atom is 0.233 e. The third-order valence-electron chi connectivity index (χ3n) is 3.48. The third-order valence-corrected chi connectivity index (χ3v) is 3.73. The Bertz CT molecular complexity index is 541. The van der Waals surface area contributed by atoms with E-state index in [9.17, 15) is 9.59 Å². The highest BCUT2D eigenvalue weighted by atomic mass is 32.1. The lowest BCUT2D eigenvalue weighted by atomic mass is 10.1. The highest BCUT2D eigenvalue weighted by molar-refractivity contribution is 7.80. The van der Waals surface area contributed by atoms with Crippen LogP contribution >= 0.6 is 12.2 Å². The summed E-state index contributed by atoms with van der Waals surface area (Å²) in [7, 11) is 0. The number of anilines is 2. The number of unbranched alkanes of at least 4 members (excludes halogenated alkanes) is 1. The third kappa shape index (κ3) is 4.27. The van der Waals surface area contributed by atoms with Crippen molar-refractivity contribution in [3.63, 3.8) is 0 Å². The quantitative estimate of drug-likeness (QED) is 0.496. The van der Waals surface area contributed by atoms with Crippen LogP contribution in [0.15, 0.2) is 24.3 Å². The van der Waals surface area contributed by atoms with Gasteiger partial charge in [-0.25, -0.2) is 0 Å². The molecule has 2 rings (SSSR count). The number of amides is 2. The van der Waals surface area contributed by atoms with E-state index in [1.54, 1.807) is 12.1 Å². The highest BCUT2D eigenvalue weighted by Gasteiger charge is 2.27. The zero-order valence-electron chi connectivity index (χ0n) is 12.7. The number of hydrogen-bond donors (Lipinski definition) is 2. The van der Waals surface area contributed by atoms with Gasteiger partial charge in [0.15, 0.2) is 5.11 Å². The summed E-state index contributed by atoms with van der Waals surface area (Å²) in [6.07, 6.45) is 3.68. The van der Waals surface area contributed by atoms with Gasteiger partial charge in [0, 0.05) is 25.1 Å². The van der Waals surface area contributed by atoms with Crippen LogP contribution in [0.3, 0.4) is 0 Å². The Morgan fingerprint density at radius 3 is 2.41 bits per heavy atom. The summed E-state index contributed by atoms with van der Waals surface area (Å²) in [6.45, 7) is 2.97. The van der Waals surface area contributed by atoms with Crippen LogP contribution in [-0.4, -0.2) is 23.5 Å². The van der Waals surface area contributed by atoms with Crippen molar-refractivity contribution < 1.29 is 9.59 Å². The fourth-order valence-electron chi connectivity index (χ4n) is 2.29. The number of nitrogens with one attached hydrogen (secondary N) is 2. The van der Waals surface area contributed by atoms with E-state index in [1.165, 1.54) is 4.90 Å². The molecule has 1 heterocycles. The van der Waals surface area contributed by atoms with E-state index >= 15 is 0 Å². The van der Waals surface area contributed by atoms with Gasteiger partial charge >= 0.3 is 0 Å². The Hall–Kier alpha value is -1.95. The molecule has 5 nitrogen and oxygen atoms in total. The monoisotopic (exact) mass is 319 g/mol. The minimum atomic E-state index is -0.131. The van der Waals surface area contributed by atoms with E-state index < -0.39 is 0 Å². The smallest absolute Gasteiger partial charge is 0.233 e. The predicted octanol–water partition coefficient (Wildman–Crippen LogP) is 2.82. The van der Waals surface area contributed by atoms with Crippen LogP contribution in [0.2, 0.25) is 0 Å². The molecule has 0 bridgehead atoms. The van der Waals surface area contributed by atoms with Crippen LogP contribution in [0.25, 0.3) is 0 Å². The minimum absolute atomic E-state index is 0.131. The van der Waals surface area contributed by atoms with Gasteiger partial charge in [-0.05, 0) is 49.3 Å². The molecule has 0 aromatic heterocycles. The summed E-state index contributed by atoms with van der Waals surface area (Å²) in [5.74, 6) is -0.262. The average molecular weight is 319 g/mol. The Morgan fingerprint density at radius 1 is 1.18 bits per heavy atom. The first kappa shape index (κ1) is 16.4. The number of benzene rings is 1. The molecule has 1 aromatic rings. The van der Waals surface area contributed by atoms with Crippen molar-refractivity contribution in [2.45, 2.75) is 39.0 Å². The first-order valence-corrected chi connectivity index (χ1v) is 8.03. The molecule has 0 radical (unpaired) electrons. The molecule has 1 aliphatic heterocycles. The van der Waals surface area contributed by atoms with Gasteiger partial charge in [-0.3, -0.25) is 14.5 Å². The number of hydrogen-bond acceptors (Lipinski definition) is 3. The van der Waals surface area contributed by atoms with Gasteiger partial charge in [0.2, 0.25) is 11.8 Å². The highest BCUT2D eigenvalue weighted by Crippen LogP contribution is 2.23. The Balaban J connectivity index is 1.96. The number of carbonyl (C=O) groups is 2. The van der Waals surface area contributed by atoms with E-state index in [0.29, 0.717) is 30.1 Å². The number of rotatable bonds is 5. The predicted molar refractivity (Wildman–Crippen MR) is 91.9 cm³/mol. The molecule has 1 saturated heterocycles. The second kappa shape index (κ2) is 7.89. The zero-order valence-corrected chi connectivity index (χ0v) is 13.5. The standard InChI is InChI=1S/C16H21N3O2S/c1-2-3-11-17-16(22)18-12-7-9-13(10-8-12)19-14(20)5-4-6-15(19)21/h7-10H,2-6,11H2,1H3,(H2,17,18,22). The van der Waals surface area contributed by atoms with Crippen LogP contribution in [-0.2, 0) is 9.59 Å². The molecule has 2 amide bonds. The summed E-state index contributed by atoms with van der Waals surface area (Å²) >= 11 is 5.20. The van der Waals surface area contributed by atoms with Crippen molar-refractivity contribution in [1.29, 1.82) is 0 Å². The lowest BCUT2D eigenvalue weighted by molar-refractivity contribution is -0.129. The molecule has 0 aliphatic carbocycles. The van der Waals surface area contributed by atoms with Crippen molar-refractivity contribution in [1.82, 2.24) is 5.32 Å². The van der Waals surface area contributed by atoms with Crippen molar-refractivity contribution in [3.05, 3.63) is 24.3 Å². The van der Waals surface area contributed by atoms with E-state index in [4.69, 9.17) is 12.2 Å². The van der Waals surface area contributed by atoms with Crippen LogP contribution < -0.4 is 15.5 Å². The second-order valence-electron chi connectivity index (χ2n) is 5.26. The Morgan fingerprint density at radius 2 is 1.82 bits per heavy atom. The first-order valence-electron chi connectivity index (χ1n) is 7.62. The fraction of sp³-hybridized carbons (Fsp3) is 0.438. The molecule has 1 aromatic carbocycles. The SMILES string of the molecule is CCCCNC(=S)Nc1ccc(N2C(=O)CCCC2=O)cc1. The molecule has 1 fully saturated rings. The van der Waals surface area contributed by atoms with Crippen molar-refractivity contribution in [2.75, 3.05) is 16.8 Å². The molecule has 22 heavy (non-hydrogen) atoms. The molecule has 118 valence electrons. The summed E-state index contributed by atoms with van der Waals surface area (Å²) < 4.78 is 0. The summed E-state index contributed by atoms with van der Waals surface area (Å²) in [6, 6.07) is 7.16. The molecule has 0 saturated carbocycles. The molecular formula is C16H21N3O2S. The molecule has 2 N–H and O–H groups in total. The van der Waals surface area contributed by atoms with Gasteiger partial charge in [-0.15, -0.1) is 0 Å². The van der Waals surface area contributed by atoms with E-state index in [0.717, 1.165) is 25.1 Å². The van der Waals surface area contributed by atoms with Gasteiger partial charge in [0.05, 0.1) is 5.69 Å². The molecule has 0 spiro atoms. The molecule has 0 atom stereocenters. The van der Waals surface area contributed by atoms with E-state index in [1.807, 2.05) is 12.1 Å². The number of imide groups is 1. The lowest BCUT2D eigenvalue weighted by Gasteiger charge is -2.25. The number of thiocarbonyl (C=S) groups is 1. The van der Waals surface area contributed by atoms with Gasteiger partial charge < -0.3 is 10.6 Å². The second-order valence-corrected chi connectivity index (χ2v) is 5.67. The van der Waals surface area contributed by atoms with Crippen LogP contribution in [0.4, 0.5) is 11.4 Å². The van der Waals surface area contributed by atoms with Crippen molar-refractivity contribution in [2.24, 2.45) is 0 Å². The molecule has 0 unspecified atom stereocenters. The number of nitrogens with zero attached hydrogens (tertiary/aromatic N) is 1. The van der Waals surface area contributed by atoms with E-state index in [2.05, 4.69) is 17.6 Å². The fourth-order valence-corrected chi connectivity index (χ4v) is 2.51. The molecule has 1 aliphatic rings. The Kier molecular flexibility index (Phi) is 5.89. The van der Waals surface area contributed by atoms with Crippen molar-refractivity contribution in [3.8, 4) is 0 Å². The first-order chi connectivity index (χ1) is 10.6. The number of piperidine rings is 1. The van der Waals surface area contributed by atoms with Crippen LogP contribution in [0.5, 0.6) is 0 Å². The number of carbonyl (C=O) groups excluding carboxylic acids is 2. The minimum Gasteiger partial charge on any atom is -0.362 e. The van der Waals surface area contributed by atoms with Gasteiger partial charge in [0.1, 0.15) is 0 Å². The normalized spacial score (nSPS) is 14.9. The topological polar surface area (TPSA) is 61.4 Å². The van der Waals surface area contributed by atoms with Gasteiger partial charge in [-0.2, -0.15) is 0 Å². The van der Waals surface area contributed by atoms with Crippen molar-refractivity contribution >= 4 is 40.5 Å². The van der Waals surface area contributed by atoms with Crippen LogP contribution in [0.1, 0.15) is 39.0 Å². The summed E-state index contributed by atoms with van der Waals surface area (Å²) in [5.41, 5.74) is 1.44. The summed E-state index contributed by atoms with van der Waals surface area (Å²) in [5, 5.41) is 6.79. The average Bonchev–Trinajstić information content (AvgIpc) is 2.49. The van der Waals surface area contributed by atoms with Crippen LogP contribution in [0, 0.1) is 0 Å². The Labute approximate surface area is 136 Å². The molecule has 6 heteroatoms. The largest absolute Gasteiger partial charge is 0.362 e. The zero-order chi connectivity index (χ0) is 15.9. The van der Waals surface area contributed by atoms with Gasteiger partial charge in [0.25, 0.3) is 0 Å². The van der Waals surface area contributed by atoms with E-state index in [-0.39, 0.29) is 11.8 Å².